The largest absolute Gasteiger partial charge is 0.493 e. The fraction of sp³-hybridized carbons (Fsp3) is 0.611. The van der Waals surface area contributed by atoms with Crippen LogP contribution in [0.3, 0.4) is 0 Å². The first kappa shape index (κ1) is 17.8. The molecule has 0 amide bonds. The summed E-state index contributed by atoms with van der Waals surface area (Å²) in [5.41, 5.74) is 1.35. The molecular weight excluding hydrogens is 294 g/mol. The molecule has 0 radical (unpaired) electrons. The average molecular weight is 321 g/mol. The zero-order chi connectivity index (χ0) is 16.5. The number of hydrogen-bond donors (Lipinski definition) is 1. The molecule has 0 aliphatic carbocycles. The van der Waals surface area contributed by atoms with Crippen molar-refractivity contribution in [2.75, 3.05) is 33.4 Å². The lowest BCUT2D eigenvalue weighted by atomic mass is 10.1. The number of piperidine rings is 1. The minimum absolute atomic E-state index is 0.235. The molecule has 0 saturated carbocycles. The third-order valence-corrected chi connectivity index (χ3v) is 4.13. The van der Waals surface area contributed by atoms with Crippen LogP contribution in [0.15, 0.2) is 18.2 Å². The monoisotopic (exact) mass is 321 g/mol. The highest BCUT2D eigenvalue weighted by molar-refractivity contribution is 5.91. The van der Waals surface area contributed by atoms with E-state index in [1.807, 2.05) is 12.1 Å². The van der Waals surface area contributed by atoms with Crippen molar-refractivity contribution in [2.24, 2.45) is 0 Å². The van der Waals surface area contributed by atoms with Gasteiger partial charge in [-0.1, -0.05) is 12.5 Å². The topological polar surface area (TPSA) is 59.0 Å². The van der Waals surface area contributed by atoms with Crippen LogP contribution in [0, 0.1) is 0 Å². The minimum Gasteiger partial charge on any atom is -0.493 e. The van der Waals surface area contributed by atoms with Crippen LogP contribution in [-0.4, -0.2) is 49.4 Å². The molecule has 0 atom stereocenters. The number of nitrogens with zero attached hydrogens (tertiary/aromatic N) is 1. The summed E-state index contributed by atoms with van der Waals surface area (Å²) < 4.78 is 10.7. The molecule has 128 valence electrons. The van der Waals surface area contributed by atoms with Gasteiger partial charge in [0.1, 0.15) is 11.3 Å². The summed E-state index contributed by atoms with van der Waals surface area (Å²) in [5.74, 6) is -0.467. The Bertz CT molecular complexity index is 498. The van der Waals surface area contributed by atoms with Gasteiger partial charge in [-0.2, -0.15) is 0 Å². The zero-order valence-corrected chi connectivity index (χ0v) is 13.9. The van der Waals surface area contributed by atoms with E-state index in [0.29, 0.717) is 19.0 Å². The second kappa shape index (κ2) is 9.53. The quantitative estimate of drug-likeness (QED) is 0.708. The number of likely N-dealkylation sites (tertiary alicyclic amines) is 1. The van der Waals surface area contributed by atoms with E-state index in [2.05, 4.69) is 4.90 Å². The number of benzene rings is 1. The number of carboxylic acids is 1. The van der Waals surface area contributed by atoms with Crippen molar-refractivity contribution in [1.29, 1.82) is 0 Å². The summed E-state index contributed by atoms with van der Waals surface area (Å²) in [6.45, 7) is 4.31. The molecule has 1 aliphatic heterocycles. The third-order valence-electron chi connectivity index (χ3n) is 4.13. The molecular formula is C18H27NO4. The number of hydrogen-bond acceptors (Lipinski definition) is 4. The molecule has 2 rings (SSSR count). The van der Waals surface area contributed by atoms with Gasteiger partial charge in [0.25, 0.3) is 0 Å². The van der Waals surface area contributed by atoms with E-state index in [-0.39, 0.29) is 5.56 Å². The highest BCUT2D eigenvalue weighted by atomic mass is 16.5. The summed E-state index contributed by atoms with van der Waals surface area (Å²) in [6.07, 6.45) is 5.56. The molecule has 1 aromatic carbocycles. The summed E-state index contributed by atoms with van der Waals surface area (Å²) in [5, 5.41) is 9.31. The van der Waals surface area contributed by atoms with Crippen LogP contribution >= 0.6 is 0 Å². The van der Waals surface area contributed by atoms with Gasteiger partial charge in [0.2, 0.25) is 0 Å². The van der Waals surface area contributed by atoms with Crippen molar-refractivity contribution in [3.63, 3.8) is 0 Å². The Morgan fingerprint density at radius 1 is 1.17 bits per heavy atom. The van der Waals surface area contributed by atoms with Gasteiger partial charge in [0, 0.05) is 20.3 Å². The van der Waals surface area contributed by atoms with Crippen molar-refractivity contribution in [1.82, 2.24) is 4.90 Å². The van der Waals surface area contributed by atoms with Crippen molar-refractivity contribution in [2.45, 2.75) is 38.6 Å². The lowest BCUT2D eigenvalue weighted by Crippen LogP contribution is -2.29. The molecule has 5 nitrogen and oxygen atoms in total. The normalized spacial score (nSPS) is 15.5. The molecule has 5 heteroatoms. The van der Waals surface area contributed by atoms with Crippen LogP contribution in [0.5, 0.6) is 5.75 Å². The summed E-state index contributed by atoms with van der Waals surface area (Å²) >= 11 is 0. The molecule has 23 heavy (non-hydrogen) atoms. The molecule has 1 N–H and O–H groups in total. The van der Waals surface area contributed by atoms with Gasteiger partial charge in [-0.05, 0) is 56.5 Å². The lowest BCUT2D eigenvalue weighted by molar-refractivity contribution is 0.0692. The Balaban J connectivity index is 1.97. The Hall–Kier alpha value is -1.59. The van der Waals surface area contributed by atoms with Crippen molar-refractivity contribution >= 4 is 5.97 Å². The zero-order valence-electron chi connectivity index (χ0n) is 13.9. The Morgan fingerprint density at radius 2 is 1.91 bits per heavy atom. The average Bonchev–Trinajstić information content (AvgIpc) is 2.55. The Kier molecular flexibility index (Phi) is 7.36. The summed E-state index contributed by atoms with van der Waals surface area (Å²) in [4.78, 5) is 13.8. The third kappa shape index (κ3) is 5.84. The molecule has 1 heterocycles. The first-order valence-corrected chi connectivity index (χ1v) is 8.41. The minimum atomic E-state index is -0.943. The van der Waals surface area contributed by atoms with Crippen LogP contribution in [0.4, 0.5) is 0 Å². The lowest BCUT2D eigenvalue weighted by Gasteiger charge is -2.26. The summed E-state index contributed by atoms with van der Waals surface area (Å²) in [7, 11) is 1.67. The molecule has 1 aliphatic rings. The van der Waals surface area contributed by atoms with Crippen LogP contribution in [-0.2, 0) is 11.3 Å². The molecule has 1 saturated heterocycles. The first-order chi connectivity index (χ1) is 11.2. The van der Waals surface area contributed by atoms with Crippen LogP contribution in [0.25, 0.3) is 0 Å². The highest BCUT2D eigenvalue weighted by Gasteiger charge is 2.15. The highest BCUT2D eigenvalue weighted by Crippen LogP contribution is 2.23. The van der Waals surface area contributed by atoms with E-state index in [4.69, 9.17) is 9.47 Å². The van der Waals surface area contributed by atoms with E-state index in [0.717, 1.165) is 38.0 Å². The van der Waals surface area contributed by atoms with E-state index in [1.54, 1.807) is 13.2 Å². The fourth-order valence-electron chi connectivity index (χ4n) is 2.87. The fourth-order valence-corrected chi connectivity index (χ4v) is 2.87. The van der Waals surface area contributed by atoms with Gasteiger partial charge in [-0.25, -0.2) is 4.79 Å². The number of carbonyl (C=O) groups is 1. The van der Waals surface area contributed by atoms with Gasteiger partial charge in [-0.15, -0.1) is 0 Å². The van der Waals surface area contributed by atoms with Crippen molar-refractivity contribution in [3.05, 3.63) is 29.3 Å². The predicted octanol–water partition coefficient (Wildman–Crippen LogP) is 3.18. The van der Waals surface area contributed by atoms with E-state index < -0.39 is 5.97 Å². The Labute approximate surface area is 138 Å². The number of rotatable bonds is 9. The number of ether oxygens (including phenoxy) is 2. The van der Waals surface area contributed by atoms with Crippen LogP contribution in [0.2, 0.25) is 0 Å². The number of carboxylic acid groups (broad SMARTS) is 1. The molecule has 1 aromatic rings. The molecule has 0 aromatic heterocycles. The smallest absolute Gasteiger partial charge is 0.339 e. The van der Waals surface area contributed by atoms with Crippen molar-refractivity contribution in [3.8, 4) is 5.75 Å². The number of unbranched alkanes of at least 4 members (excludes halogenated alkanes) is 1. The second-order valence-electron chi connectivity index (χ2n) is 6.02. The maximum atomic E-state index is 11.3. The summed E-state index contributed by atoms with van der Waals surface area (Å²) in [6, 6.07) is 5.44. The second-order valence-corrected chi connectivity index (χ2v) is 6.02. The van der Waals surface area contributed by atoms with Crippen LogP contribution < -0.4 is 4.74 Å². The first-order valence-electron chi connectivity index (χ1n) is 8.41. The van der Waals surface area contributed by atoms with Gasteiger partial charge >= 0.3 is 5.97 Å². The SMILES string of the molecule is COCCCCOc1cc(CN2CCCCC2)ccc1C(=O)O. The van der Waals surface area contributed by atoms with E-state index in [9.17, 15) is 9.90 Å². The van der Waals surface area contributed by atoms with Gasteiger partial charge < -0.3 is 14.6 Å². The van der Waals surface area contributed by atoms with E-state index in [1.165, 1.54) is 19.3 Å². The predicted molar refractivity (Wildman–Crippen MR) is 89.1 cm³/mol. The number of methoxy groups -OCH3 is 1. The number of aromatic carboxylic acids is 1. The van der Waals surface area contributed by atoms with Crippen LogP contribution in [0.1, 0.15) is 48.0 Å². The van der Waals surface area contributed by atoms with Gasteiger partial charge in [0.05, 0.1) is 6.61 Å². The maximum Gasteiger partial charge on any atom is 0.339 e. The molecule has 0 bridgehead atoms. The molecule has 1 fully saturated rings. The van der Waals surface area contributed by atoms with E-state index >= 15 is 0 Å². The Morgan fingerprint density at radius 3 is 2.61 bits per heavy atom. The molecule has 0 spiro atoms. The van der Waals surface area contributed by atoms with Gasteiger partial charge in [0.15, 0.2) is 0 Å². The standard InChI is InChI=1S/C18H27NO4/c1-22-11-5-6-12-23-17-13-15(7-8-16(17)18(20)21)14-19-9-3-2-4-10-19/h7-8,13H,2-6,9-12,14H2,1H3,(H,20,21). The van der Waals surface area contributed by atoms with Crippen molar-refractivity contribution < 1.29 is 19.4 Å². The van der Waals surface area contributed by atoms with Gasteiger partial charge in [-0.3, -0.25) is 4.90 Å². The molecule has 0 unspecified atom stereocenters. The maximum absolute atomic E-state index is 11.3.